The van der Waals surface area contributed by atoms with Gasteiger partial charge in [0.05, 0.1) is 11.0 Å². The van der Waals surface area contributed by atoms with Gasteiger partial charge < -0.3 is 9.30 Å². The largest absolute Gasteiger partial charge is 0.483 e. The molecule has 0 N–H and O–H groups in total. The first kappa shape index (κ1) is 15.9. The van der Waals surface area contributed by atoms with E-state index in [-0.39, 0.29) is 6.10 Å². The van der Waals surface area contributed by atoms with E-state index in [9.17, 15) is 0 Å². The molecule has 1 aromatic heterocycles. The smallest absolute Gasteiger partial charge is 0.153 e. The number of rotatable bonds is 6. The Morgan fingerprint density at radius 2 is 1.87 bits per heavy atom. The fraction of sp³-hybridized carbons (Fsp3) is 0.316. The molecule has 23 heavy (non-hydrogen) atoms. The molecule has 0 saturated heterocycles. The van der Waals surface area contributed by atoms with Crippen molar-refractivity contribution in [1.29, 1.82) is 0 Å². The third-order valence-electron chi connectivity index (χ3n) is 3.91. The average Bonchev–Trinajstić information content (AvgIpc) is 2.94. The van der Waals surface area contributed by atoms with Crippen LogP contribution in [0.4, 0.5) is 0 Å². The Bertz CT molecular complexity index is 780. The molecule has 0 aliphatic heterocycles. The summed E-state index contributed by atoms with van der Waals surface area (Å²) < 4.78 is 8.34. The van der Waals surface area contributed by atoms with E-state index in [2.05, 4.69) is 29.7 Å². The van der Waals surface area contributed by atoms with Gasteiger partial charge in [0.25, 0.3) is 0 Å². The average molecular weight is 329 g/mol. The van der Waals surface area contributed by atoms with E-state index in [1.807, 2.05) is 37.3 Å². The third kappa shape index (κ3) is 3.50. The molecule has 0 aliphatic rings. The number of hydrogen-bond donors (Lipinski definition) is 0. The molecule has 0 fully saturated rings. The maximum atomic E-state index is 6.06. The number of unbranched alkanes of at least 4 members (excludes halogenated alkanes) is 1. The molecule has 1 unspecified atom stereocenters. The van der Waals surface area contributed by atoms with Crippen LogP contribution in [0.25, 0.3) is 11.0 Å². The molecule has 0 spiro atoms. The highest BCUT2D eigenvalue weighted by molar-refractivity contribution is 6.30. The van der Waals surface area contributed by atoms with Gasteiger partial charge in [-0.3, -0.25) is 0 Å². The lowest BCUT2D eigenvalue weighted by molar-refractivity contribution is 0.211. The minimum Gasteiger partial charge on any atom is -0.483 e. The molecule has 0 aliphatic carbocycles. The van der Waals surface area contributed by atoms with Gasteiger partial charge in [0.1, 0.15) is 5.75 Å². The van der Waals surface area contributed by atoms with E-state index in [1.54, 1.807) is 0 Å². The summed E-state index contributed by atoms with van der Waals surface area (Å²) in [6, 6.07) is 15.7. The van der Waals surface area contributed by atoms with Crippen molar-refractivity contribution in [3.8, 4) is 5.75 Å². The summed E-state index contributed by atoms with van der Waals surface area (Å²) in [5, 5.41) is 0.709. The van der Waals surface area contributed by atoms with Gasteiger partial charge in [0, 0.05) is 11.6 Å². The zero-order valence-electron chi connectivity index (χ0n) is 13.5. The van der Waals surface area contributed by atoms with E-state index in [4.69, 9.17) is 21.3 Å². The minimum atomic E-state index is -0.125. The quantitative estimate of drug-likeness (QED) is 0.586. The Labute approximate surface area is 141 Å². The molecule has 4 heteroatoms. The van der Waals surface area contributed by atoms with Gasteiger partial charge in [-0.15, -0.1) is 0 Å². The van der Waals surface area contributed by atoms with E-state index >= 15 is 0 Å². The molecule has 1 heterocycles. The normalized spacial score (nSPS) is 12.5. The summed E-state index contributed by atoms with van der Waals surface area (Å²) in [5.41, 5.74) is 2.19. The van der Waals surface area contributed by atoms with Gasteiger partial charge in [-0.2, -0.15) is 0 Å². The van der Waals surface area contributed by atoms with Gasteiger partial charge in [-0.1, -0.05) is 37.1 Å². The number of aromatic nitrogens is 2. The Hall–Kier alpha value is -2.00. The fourth-order valence-electron chi connectivity index (χ4n) is 2.73. The first-order valence-corrected chi connectivity index (χ1v) is 8.44. The van der Waals surface area contributed by atoms with E-state index in [0.29, 0.717) is 5.02 Å². The molecule has 1 atom stereocenters. The van der Waals surface area contributed by atoms with Gasteiger partial charge >= 0.3 is 0 Å². The van der Waals surface area contributed by atoms with Crippen molar-refractivity contribution in [3.05, 3.63) is 59.4 Å². The van der Waals surface area contributed by atoms with Crippen LogP contribution in [0, 0.1) is 0 Å². The number of para-hydroxylation sites is 2. The summed E-state index contributed by atoms with van der Waals surface area (Å²) in [4.78, 5) is 4.79. The second kappa shape index (κ2) is 7.05. The Morgan fingerprint density at radius 1 is 1.13 bits per heavy atom. The highest BCUT2D eigenvalue weighted by atomic mass is 35.5. The third-order valence-corrected chi connectivity index (χ3v) is 4.16. The second-order valence-corrected chi connectivity index (χ2v) is 6.11. The van der Waals surface area contributed by atoms with E-state index in [1.165, 1.54) is 5.52 Å². The van der Waals surface area contributed by atoms with Crippen LogP contribution in [-0.4, -0.2) is 9.55 Å². The van der Waals surface area contributed by atoms with Crippen LogP contribution in [0.2, 0.25) is 5.02 Å². The predicted octanol–water partition coefficient (Wildman–Crippen LogP) is 5.63. The lowest BCUT2D eigenvalue weighted by Crippen LogP contribution is -2.12. The summed E-state index contributed by atoms with van der Waals surface area (Å²) in [6.45, 7) is 5.20. The van der Waals surface area contributed by atoms with Crippen LogP contribution in [-0.2, 0) is 6.54 Å². The van der Waals surface area contributed by atoms with Crippen LogP contribution in [0.15, 0.2) is 48.5 Å². The molecule has 120 valence electrons. The van der Waals surface area contributed by atoms with E-state index in [0.717, 1.165) is 36.5 Å². The molecule has 3 nitrogen and oxygen atoms in total. The second-order valence-electron chi connectivity index (χ2n) is 5.68. The number of fused-ring (bicyclic) bond motifs is 1. The number of imidazole rings is 1. The van der Waals surface area contributed by atoms with Crippen molar-refractivity contribution in [3.63, 3.8) is 0 Å². The first-order chi connectivity index (χ1) is 11.2. The van der Waals surface area contributed by atoms with Crippen molar-refractivity contribution >= 4 is 22.6 Å². The zero-order valence-corrected chi connectivity index (χ0v) is 14.3. The van der Waals surface area contributed by atoms with Crippen molar-refractivity contribution in [1.82, 2.24) is 9.55 Å². The first-order valence-electron chi connectivity index (χ1n) is 8.06. The number of ether oxygens (including phenoxy) is 1. The van der Waals surface area contributed by atoms with Crippen LogP contribution in [0.3, 0.4) is 0 Å². The number of halogens is 1. The SMILES string of the molecule is CCCCn1c(C(C)Oc2ccc(Cl)cc2)nc2ccccc21. The van der Waals surface area contributed by atoms with Crippen molar-refractivity contribution in [2.24, 2.45) is 0 Å². The highest BCUT2D eigenvalue weighted by Crippen LogP contribution is 2.26. The van der Waals surface area contributed by atoms with E-state index < -0.39 is 0 Å². The van der Waals surface area contributed by atoms with Crippen molar-refractivity contribution < 1.29 is 4.74 Å². The molecule has 3 rings (SSSR count). The van der Waals surface area contributed by atoms with Crippen LogP contribution in [0.5, 0.6) is 5.75 Å². The van der Waals surface area contributed by atoms with Crippen molar-refractivity contribution in [2.75, 3.05) is 0 Å². The van der Waals surface area contributed by atoms with Crippen LogP contribution < -0.4 is 4.74 Å². The van der Waals surface area contributed by atoms with Crippen LogP contribution in [0.1, 0.15) is 38.6 Å². The number of aryl methyl sites for hydroxylation is 1. The molecule has 2 aromatic carbocycles. The van der Waals surface area contributed by atoms with Crippen molar-refractivity contribution in [2.45, 2.75) is 39.3 Å². The van der Waals surface area contributed by atoms with Gasteiger partial charge in [-0.05, 0) is 49.7 Å². The predicted molar refractivity (Wildman–Crippen MR) is 95.1 cm³/mol. The maximum absolute atomic E-state index is 6.06. The standard InChI is InChI=1S/C19H21ClN2O/c1-3-4-13-22-18-8-6-5-7-17(18)21-19(22)14(2)23-16-11-9-15(20)10-12-16/h5-12,14H,3-4,13H2,1-2H3. The van der Waals surface area contributed by atoms with Gasteiger partial charge in [-0.25, -0.2) is 4.98 Å². The van der Waals surface area contributed by atoms with Crippen LogP contribution >= 0.6 is 11.6 Å². The Kier molecular flexibility index (Phi) is 4.87. The fourth-order valence-corrected chi connectivity index (χ4v) is 2.85. The molecule has 0 saturated carbocycles. The number of nitrogens with zero attached hydrogens (tertiary/aromatic N) is 2. The van der Waals surface area contributed by atoms with Gasteiger partial charge in [0.15, 0.2) is 11.9 Å². The monoisotopic (exact) mass is 328 g/mol. The molecule has 0 amide bonds. The summed E-state index contributed by atoms with van der Waals surface area (Å²) in [6.07, 6.45) is 2.15. The number of benzene rings is 2. The summed E-state index contributed by atoms with van der Waals surface area (Å²) in [5.74, 6) is 1.77. The Morgan fingerprint density at radius 3 is 2.61 bits per heavy atom. The molecule has 0 bridgehead atoms. The number of hydrogen-bond acceptors (Lipinski definition) is 2. The summed E-state index contributed by atoms with van der Waals surface area (Å²) in [7, 11) is 0. The lowest BCUT2D eigenvalue weighted by atomic mass is 10.3. The molecule has 0 radical (unpaired) electrons. The molecule has 3 aromatic rings. The zero-order chi connectivity index (χ0) is 16.2. The van der Waals surface area contributed by atoms with Gasteiger partial charge in [0.2, 0.25) is 0 Å². The summed E-state index contributed by atoms with van der Waals surface area (Å²) >= 11 is 5.93. The minimum absolute atomic E-state index is 0.125. The molecular weight excluding hydrogens is 308 g/mol. The molecular formula is C19H21ClN2O. The maximum Gasteiger partial charge on any atom is 0.153 e. The lowest BCUT2D eigenvalue weighted by Gasteiger charge is -2.16. The Balaban J connectivity index is 1.92. The topological polar surface area (TPSA) is 27.1 Å². The highest BCUT2D eigenvalue weighted by Gasteiger charge is 2.17.